The van der Waals surface area contributed by atoms with Crippen LogP contribution in [0, 0.1) is 17.8 Å². The SMILES string of the molecule is CCCCS(=O)(=O)N1C[C@@H](C(=O)O)[C@H](C2CC2)C1. The van der Waals surface area contributed by atoms with Crippen LogP contribution in [-0.2, 0) is 14.8 Å². The second-order valence-electron chi connectivity index (χ2n) is 5.43. The molecule has 104 valence electrons. The van der Waals surface area contributed by atoms with Crippen LogP contribution >= 0.6 is 0 Å². The summed E-state index contributed by atoms with van der Waals surface area (Å²) in [5.41, 5.74) is 0. The summed E-state index contributed by atoms with van der Waals surface area (Å²) in [5, 5.41) is 9.20. The van der Waals surface area contributed by atoms with E-state index in [1.165, 1.54) is 4.31 Å². The average Bonchev–Trinajstić information content (AvgIpc) is 3.04. The van der Waals surface area contributed by atoms with Crippen LogP contribution in [0.15, 0.2) is 0 Å². The van der Waals surface area contributed by atoms with E-state index >= 15 is 0 Å². The summed E-state index contributed by atoms with van der Waals surface area (Å²) in [7, 11) is -3.26. The molecule has 0 amide bonds. The van der Waals surface area contributed by atoms with E-state index in [1.54, 1.807) is 0 Å². The van der Waals surface area contributed by atoms with Crippen LogP contribution < -0.4 is 0 Å². The van der Waals surface area contributed by atoms with Gasteiger partial charge in [0, 0.05) is 13.1 Å². The predicted octanol–water partition coefficient (Wildman–Crippen LogP) is 1.16. The van der Waals surface area contributed by atoms with Gasteiger partial charge < -0.3 is 5.11 Å². The minimum Gasteiger partial charge on any atom is -0.481 e. The van der Waals surface area contributed by atoms with Gasteiger partial charge in [-0.2, -0.15) is 0 Å². The van der Waals surface area contributed by atoms with Crippen LogP contribution in [0.4, 0.5) is 0 Å². The molecule has 0 spiro atoms. The zero-order chi connectivity index (χ0) is 13.3. The smallest absolute Gasteiger partial charge is 0.308 e. The topological polar surface area (TPSA) is 74.7 Å². The van der Waals surface area contributed by atoms with Gasteiger partial charge in [-0.3, -0.25) is 4.79 Å². The van der Waals surface area contributed by atoms with Crippen LogP contribution in [0.2, 0.25) is 0 Å². The summed E-state index contributed by atoms with van der Waals surface area (Å²) in [6.45, 7) is 2.53. The molecule has 1 aliphatic heterocycles. The largest absolute Gasteiger partial charge is 0.481 e. The van der Waals surface area contributed by atoms with Gasteiger partial charge in [0.15, 0.2) is 0 Å². The monoisotopic (exact) mass is 275 g/mol. The summed E-state index contributed by atoms with van der Waals surface area (Å²) in [6, 6.07) is 0. The molecule has 0 radical (unpaired) electrons. The third kappa shape index (κ3) is 2.85. The number of sulfonamides is 1. The Kier molecular flexibility index (Phi) is 3.96. The molecule has 1 N–H and O–H groups in total. The molecule has 6 heteroatoms. The fourth-order valence-electron chi connectivity index (χ4n) is 2.74. The zero-order valence-corrected chi connectivity index (χ0v) is 11.5. The second kappa shape index (κ2) is 5.17. The van der Waals surface area contributed by atoms with E-state index in [2.05, 4.69) is 0 Å². The van der Waals surface area contributed by atoms with Crippen LogP contribution in [0.25, 0.3) is 0 Å². The van der Waals surface area contributed by atoms with Gasteiger partial charge in [-0.1, -0.05) is 13.3 Å². The van der Waals surface area contributed by atoms with Crippen LogP contribution in [0.3, 0.4) is 0 Å². The summed E-state index contributed by atoms with van der Waals surface area (Å²) < 4.78 is 25.6. The Morgan fingerprint density at radius 3 is 2.50 bits per heavy atom. The Bertz CT molecular complexity index is 416. The van der Waals surface area contributed by atoms with Gasteiger partial charge in [0.1, 0.15) is 0 Å². The Labute approximate surface area is 108 Å². The number of carboxylic acids is 1. The van der Waals surface area contributed by atoms with E-state index in [9.17, 15) is 18.3 Å². The van der Waals surface area contributed by atoms with Crippen molar-refractivity contribution >= 4 is 16.0 Å². The molecule has 2 fully saturated rings. The lowest BCUT2D eigenvalue weighted by molar-refractivity contribution is -0.142. The number of carboxylic acid groups (broad SMARTS) is 1. The van der Waals surface area contributed by atoms with Crippen molar-refractivity contribution in [2.45, 2.75) is 32.6 Å². The van der Waals surface area contributed by atoms with Crippen LogP contribution in [0.5, 0.6) is 0 Å². The van der Waals surface area contributed by atoms with Gasteiger partial charge in [0.2, 0.25) is 10.0 Å². The normalized spacial score (nSPS) is 29.6. The fraction of sp³-hybridized carbons (Fsp3) is 0.917. The van der Waals surface area contributed by atoms with Gasteiger partial charge in [0.25, 0.3) is 0 Å². The maximum atomic E-state index is 12.1. The van der Waals surface area contributed by atoms with Crippen molar-refractivity contribution in [2.24, 2.45) is 17.8 Å². The minimum absolute atomic E-state index is 0.0268. The summed E-state index contributed by atoms with van der Waals surface area (Å²) in [5.74, 6) is -0.752. The minimum atomic E-state index is -3.26. The molecule has 2 atom stereocenters. The molecule has 2 aliphatic rings. The number of nitrogens with zero attached hydrogens (tertiary/aromatic N) is 1. The van der Waals surface area contributed by atoms with E-state index in [-0.39, 0.29) is 18.2 Å². The molecule has 0 aromatic rings. The standard InChI is InChI=1S/C12H21NO4S/c1-2-3-6-18(16,17)13-7-10(9-4-5-9)11(8-13)12(14)15/h9-11H,2-8H2,1H3,(H,14,15)/t10-,11+/m0/s1. The first-order valence-electron chi connectivity index (χ1n) is 6.66. The van der Waals surface area contributed by atoms with Gasteiger partial charge in [-0.25, -0.2) is 12.7 Å². The highest BCUT2D eigenvalue weighted by atomic mass is 32.2. The molecule has 2 rings (SSSR count). The number of hydrogen-bond donors (Lipinski definition) is 1. The lowest BCUT2D eigenvalue weighted by atomic mass is 9.92. The molecular weight excluding hydrogens is 254 g/mol. The molecule has 1 saturated heterocycles. The van der Waals surface area contributed by atoms with E-state index in [0.29, 0.717) is 18.9 Å². The molecule has 18 heavy (non-hydrogen) atoms. The van der Waals surface area contributed by atoms with Crippen LogP contribution in [-0.4, -0.2) is 42.6 Å². The third-order valence-corrected chi connectivity index (χ3v) is 5.92. The van der Waals surface area contributed by atoms with E-state index in [1.807, 2.05) is 6.92 Å². The molecule has 0 unspecified atom stereocenters. The zero-order valence-electron chi connectivity index (χ0n) is 10.7. The van der Waals surface area contributed by atoms with E-state index in [0.717, 1.165) is 19.3 Å². The van der Waals surface area contributed by atoms with Gasteiger partial charge in [-0.05, 0) is 31.1 Å². The number of carbonyl (C=O) groups is 1. The van der Waals surface area contributed by atoms with E-state index in [4.69, 9.17) is 0 Å². The van der Waals surface area contributed by atoms with Crippen molar-refractivity contribution in [1.29, 1.82) is 0 Å². The van der Waals surface area contributed by atoms with Crippen molar-refractivity contribution in [3.63, 3.8) is 0 Å². The highest BCUT2D eigenvalue weighted by Crippen LogP contribution is 2.44. The number of aliphatic carboxylic acids is 1. The molecule has 1 saturated carbocycles. The first-order chi connectivity index (χ1) is 8.45. The Hall–Kier alpha value is -0.620. The lowest BCUT2D eigenvalue weighted by Crippen LogP contribution is -2.32. The molecule has 0 bridgehead atoms. The Morgan fingerprint density at radius 2 is 2.00 bits per heavy atom. The Balaban J connectivity index is 2.05. The number of hydrogen-bond acceptors (Lipinski definition) is 3. The highest BCUT2D eigenvalue weighted by molar-refractivity contribution is 7.89. The summed E-state index contributed by atoms with van der Waals surface area (Å²) in [6.07, 6.45) is 3.58. The summed E-state index contributed by atoms with van der Waals surface area (Å²) >= 11 is 0. The van der Waals surface area contributed by atoms with Crippen molar-refractivity contribution in [3.8, 4) is 0 Å². The first kappa shape index (κ1) is 13.8. The van der Waals surface area contributed by atoms with Crippen molar-refractivity contribution in [3.05, 3.63) is 0 Å². The van der Waals surface area contributed by atoms with Crippen molar-refractivity contribution in [2.75, 3.05) is 18.8 Å². The molecule has 5 nitrogen and oxygen atoms in total. The third-order valence-electron chi connectivity index (χ3n) is 4.03. The maximum absolute atomic E-state index is 12.1. The fourth-order valence-corrected chi connectivity index (χ4v) is 4.44. The molecule has 0 aromatic carbocycles. The van der Waals surface area contributed by atoms with Crippen LogP contribution in [0.1, 0.15) is 32.6 Å². The van der Waals surface area contributed by atoms with Gasteiger partial charge in [-0.15, -0.1) is 0 Å². The molecule has 0 aromatic heterocycles. The lowest BCUT2D eigenvalue weighted by Gasteiger charge is -2.15. The number of unbranched alkanes of at least 4 members (excludes halogenated alkanes) is 1. The van der Waals surface area contributed by atoms with Gasteiger partial charge >= 0.3 is 5.97 Å². The van der Waals surface area contributed by atoms with Crippen molar-refractivity contribution in [1.82, 2.24) is 4.31 Å². The molecule has 1 aliphatic carbocycles. The van der Waals surface area contributed by atoms with E-state index < -0.39 is 21.9 Å². The summed E-state index contributed by atoms with van der Waals surface area (Å²) in [4.78, 5) is 11.2. The Morgan fingerprint density at radius 1 is 1.33 bits per heavy atom. The van der Waals surface area contributed by atoms with Crippen molar-refractivity contribution < 1.29 is 18.3 Å². The first-order valence-corrected chi connectivity index (χ1v) is 8.27. The maximum Gasteiger partial charge on any atom is 0.308 e. The highest BCUT2D eigenvalue weighted by Gasteiger charge is 2.48. The molecule has 1 heterocycles. The van der Waals surface area contributed by atoms with Gasteiger partial charge in [0.05, 0.1) is 11.7 Å². The quantitative estimate of drug-likeness (QED) is 0.789. The predicted molar refractivity (Wildman–Crippen MR) is 67.6 cm³/mol. The number of rotatable bonds is 6. The molecular formula is C12H21NO4S. The second-order valence-corrected chi connectivity index (χ2v) is 7.52. The average molecular weight is 275 g/mol.